The van der Waals surface area contributed by atoms with E-state index in [1.807, 2.05) is 0 Å². The maximum Gasteiger partial charge on any atom is 0.176 e. The van der Waals surface area contributed by atoms with E-state index in [0.717, 1.165) is 81.3 Å². The number of halogens is 2. The summed E-state index contributed by atoms with van der Waals surface area (Å²) < 4.78 is 32.9. The quantitative estimate of drug-likeness (QED) is 0.280. The fraction of sp³-hybridized carbons (Fsp3) is 0.393. The molecule has 2 saturated heterocycles. The van der Waals surface area contributed by atoms with Gasteiger partial charge in [-0.25, -0.2) is 18.7 Å². The number of likely N-dealkylation sites (N-methyl/N-ethyl adjacent to an activating group) is 1. The lowest BCUT2D eigenvalue weighted by Gasteiger charge is -2.34. The van der Waals surface area contributed by atoms with E-state index < -0.39 is 11.6 Å². The molecule has 210 valence electrons. The second-order valence-electron chi connectivity index (χ2n) is 10.2. The van der Waals surface area contributed by atoms with Gasteiger partial charge in [-0.1, -0.05) is 17.8 Å². The predicted octanol–water partition coefficient (Wildman–Crippen LogP) is 4.74. The van der Waals surface area contributed by atoms with Crippen LogP contribution in [0, 0.1) is 11.6 Å². The average molecular weight is 567 g/mol. The van der Waals surface area contributed by atoms with Gasteiger partial charge in [-0.2, -0.15) is 5.10 Å². The molecule has 0 bridgehead atoms. The number of nitrogens with one attached hydrogen (secondary N) is 3. The van der Waals surface area contributed by atoms with Crippen LogP contribution in [-0.2, 0) is 11.3 Å². The topological polar surface area (TPSA) is 94.2 Å². The number of hydrogen-bond donors (Lipinski definition) is 3. The molecule has 2 aromatic carbocycles. The minimum absolute atomic E-state index is 0.361. The molecule has 0 radical (unpaired) electrons. The van der Waals surface area contributed by atoms with E-state index in [1.165, 1.54) is 17.8 Å². The van der Waals surface area contributed by atoms with Gasteiger partial charge in [-0.15, -0.1) is 0 Å². The summed E-state index contributed by atoms with van der Waals surface area (Å²) in [4.78, 5) is 14.3. The summed E-state index contributed by atoms with van der Waals surface area (Å²) >= 11 is 1.14. The standard InChI is InChI=1S/C28H32F2N8OS/c1-37-6-8-38(9-7-37)22-3-2-18(24(15-22)33-21-4-10-39-11-5-21)16-31-27-26-28(36-35-27)32-17-25(34-26)40-23-13-19(29)12-20(30)14-23/h2-3,12-15,17,21,33H,4-11,16H2,1H3,(H2,31,32,35,36). The van der Waals surface area contributed by atoms with Gasteiger partial charge in [0.05, 0.1) is 6.20 Å². The number of H-pyrrole nitrogens is 1. The lowest BCUT2D eigenvalue weighted by Crippen LogP contribution is -2.44. The summed E-state index contributed by atoms with van der Waals surface area (Å²) in [6, 6.07) is 10.4. The van der Waals surface area contributed by atoms with Crippen molar-refractivity contribution in [1.82, 2.24) is 25.1 Å². The van der Waals surface area contributed by atoms with Crippen LogP contribution in [0.25, 0.3) is 11.2 Å². The Morgan fingerprint density at radius 2 is 1.82 bits per heavy atom. The van der Waals surface area contributed by atoms with Crippen molar-refractivity contribution in [2.24, 2.45) is 0 Å². The maximum atomic E-state index is 13.7. The molecule has 4 aromatic rings. The SMILES string of the molecule is CN1CCN(c2ccc(CNc3n[nH]c4ncc(Sc5cc(F)cc(F)c5)nc34)c(NC3CCOCC3)c2)CC1. The second kappa shape index (κ2) is 11.9. The van der Waals surface area contributed by atoms with E-state index in [2.05, 4.69) is 65.8 Å². The van der Waals surface area contributed by atoms with Crippen LogP contribution in [0.1, 0.15) is 18.4 Å². The number of aromatic amines is 1. The van der Waals surface area contributed by atoms with Crippen molar-refractivity contribution in [2.75, 3.05) is 62.0 Å². The number of benzene rings is 2. The Morgan fingerprint density at radius 1 is 1.05 bits per heavy atom. The first-order valence-corrected chi connectivity index (χ1v) is 14.3. The highest BCUT2D eigenvalue weighted by molar-refractivity contribution is 7.99. The van der Waals surface area contributed by atoms with E-state index in [4.69, 9.17) is 4.74 Å². The van der Waals surface area contributed by atoms with Gasteiger partial charge >= 0.3 is 0 Å². The van der Waals surface area contributed by atoms with Crippen LogP contribution in [0.3, 0.4) is 0 Å². The molecular weight excluding hydrogens is 534 g/mol. The molecule has 0 aliphatic carbocycles. The molecule has 0 amide bonds. The molecule has 2 aromatic heterocycles. The van der Waals surface area contributed by atoms with E-state index in [9.17, 15) is 8.78 Å². The van der Waals surface area contributed by atoms with E-state index in [1.54, 1.807) is 6.20 Å². The van der Waals surface area contributed by atoms with Crippen LogP contribution in [0.4, 0.5) is 26.0 Å². The molecular formula is C28H32F2N8OS. The number of piperazine rings is 1. The number of anilines is 3. The Balaban J connectivity index is 1.21. The summed E-state index contributed by atoms with van der Waals surface area (Å²) in [5.41, 5.74) is 4.54. The largest absolute Gasteiger partial charge is 0.382 e. The first-order valence-electron chi connectivity index (χ1n) is 13.5. The fourth-order valence-corrected chi connectivity index (χ4v) is 5.84. The Morgan fingerprint density at radius 3 is 2.60 bits per heavy atom. The summed E-state index contributed by atoms with van der Waals surface area (Å²) in [7, 11) is 2.16. The monoisotopic (exact) mass is 566 g/mol. The van der Waals surface area contributed by atoms with Crippen LogP contribution >= 0.6 is 11.8 Å². The smallest absolute Gasteiger partial charge is 0.176 e. The zero-order valence-corrected chi connectivity index (χ0v) is 23.1. The van der Waals surface area contributed by atoms with Gasteiger partial charge in [0.15, 0.2) is 17.0 Å². The highest BCUT2D eigenvalue weighted by atomic mass is 32.2. The number of aromatic nitrogens is 4. The van der Waals surface area contributed by atoms with Crippen LogP contribution in [0.5, 0.6) is 0 Å². The zero-order chi connectivity index (χ0) is 27.5. The third kappa shape index (κ3) is 6.29. The normalized spacial score (nSPS) is 16.9. The van der Waals surface area contributed by atoms with Gasteiger partial charge in [-0.05, 0) is 49.7 Å². The molecule has 2 fully saturated rings. The lowest BCUT2D eigenvalue weighted by atomic mass is 10.1. The van der Waals surface area contributed by atoms with Crippen LogP contribution in [-0.4, -0.2) is 77.5 Å². The summed E-state index contributed by atoms with van der Waals surface area (Å²) in [5, 5.41) is 15.0. The Bertz CT molecular complexity index is 1450. The van der Waals surface area contributed by atoms with Gasteiger partial charge in [-0.3, -0.25) is 5.10 Å². The molecule has 0 saturated carbocycles. The van der Waals surface area contributed by atoms with Crippen molar-refractivity contribution in [3.8, 4) is 0 Å². The number of hydrogen-bond acceptors (Lipinski definition) is 9. The second-order valence-corrected chi connectivity index (χ2v) is 11.3. The van der Waals surface area contributed by atoms with Crippen LogP contribution in [0.15, 0.2) is 52.5 Å². The van der Waals surface area contributed by atoms with Crippen molar-refractivity contribution in [2.45, 2.75) is 35.3 Å². The van der Waals surface area contributed by atoms with Crippen molar-refractivity contribution >= 4 is 40.1 Å². The van der Waals surface area contributed by atoms with Crippen molar-refractivity contribution in [3.63, 3.8) is 0 Å². The molecule has 40 heavy (non-hydrogen) atoms. The molecule has 4 heterocycles. The number of nitrogens with zero attached hydrogens (tertiary/aromatic N) is 5. The highest BCUT2D eigenvalue weighted by Crippen LogP contribution is 2.31. The molecule has 2 aliphatic heterocycles. The van der Waals surface area contributed by atoms with Crippen LogP contribution < -0.4 is 15.5 Å². The first-order chi connectivity index (χ1) is 19.5. The van der Waals surface area contributed by atoms with Gasteiger partial charge in [0, 0.05) is 74.3 Å². The lowest BCUT2D eigenvalue weighted by molar-refractivity contribution is 0.0904. The minimum Gasteiger partial charge on any atom is -0.382 e. The molecule has 12 heteroatoms. The molecule has 2 aliphatic rings. The Hall–Kier alpha value is -3.48. The van der Waals surface area contributed by atoms with Gasteiger partial charge < -0.3 is 25.2 Å². The zero-order valence-electron chi connectivity index (χ0n) is 22.3. The van der Waals surface area contributed by atoms with E-state index >= 15 is 0 Å². The molecule has 0 atom stereocenters. The van der Waals surface area contributed by atoms with Crippen molar-refractivity contribution in [1.29, 1.82) is 0 Å². The van der Waals surface area contributed by atoms with E-state index in [0.29, 0.717) is 39.5 Å². The van der Waals surface area contributed by atoms with Gasteiger partial charge in [0.1, 0.15) is 16.7 Å². The minimum atomic E-state index is -0.633. The number of rotatable bonds is 8. The number of ether oxygens (including phenoxy) is 1. The summed E-state index contributed by atoms with van der Waals surface area (Å²) in [6.45, 7) is 6.18. The average Bonchev–Trinajstić information content (AvgIpc) is 3.35. The molecule has 9 nitrogen and oxygen atoms in total. The Labute approximate surface area is 235 Å². The molecule has 3 N–H and O–H groups in total. The van der Waals surface area contributed by atoms with Gasteiger partial charge in [0.2, 0.25) is 0 Å². The first kappa shape index (κ1) is 26.7. The van der Waals surface area contributed by atoms with Crippen LogP contribution in [0.2, 0.25) is 0 Å². The third-order valence-corrected chi connectivity index (χ3v) is 8.17. The van der Waals surface area contributed by atoms with Gasteiger partial charge in [0.25, 0.3) is 0 Å². The number of fused-ring (bicyclic) bond motifs is 1. The maximum absolute atomic E-state index is 13.7. The highest BCUT2D eigenvalue weighted by Gasteiger charge is 2.19. The molecule has 0 spiro atoms. The summed E-state index contributed by atoms with van der Waals surface area (Å²) in [5.74, 6) is -0.701. The fourth-order valence-electron chi connectivity index (χ4n) is 5.02. The predicted molar refractivity (Wildman–Crippen MR) is 153 cm³/mol. The molecule has 0 unspecified atom stereocenters. The van der Waals surface area contributed by atoms with Crippen molar-refractivity contribution < 1.29 is 13.5 Å². The summed E-state index contributed by atoms with van der Waals surface area (Å²) in [6.07, 6.45) is 3.51. The van der Waals surface area contributed by atoms with Crippen molar-refractivity contribution in [3.05, 3.63) is 59.8 Å². The molecule has 6 rings (SSSR count). The Kier molecular flexibility index (Phi) is 7.98. The van der Waals surface area contributed by atoms with E-state index in [-0.39, 0.29) is 0 Å². The third-order valence-electron chi connectivity index (χ3n) is 7.30.